The molecular weight excluding hydrogens is 381 g/mol. The summed E-state index contributed by atoms with van der Waals surface area (Å²) in [5.41, 5.74) is 0.951. The Hall–Kier alpha value is -1.95. The standard InChI is InChI=1S/C24H36FN3O2/c1-18(2)8-11-26-23(29)20-9-13-28(14-10-20)24(30)21-6-4-12-27(17-21)16-19-5-3-7-22(25)15-19/h3,5,7,15,18,20-21H,4,6,8-14,16-17H2,1-2H3,(H,26,29)/t21-/m1/s1. The minimum atomic E-state index is -0.215. The van der Waals surface area contributed by atoms with Crippen LogP contribution in [0.25, 0.3) is 0 Å². The molecule has 0 aromatic heterocycles. The second kappa shape index (κ2) is 10.9. The normalized spacial score (nSPS) is 21.1. The van der Waals surface area contributed by atoms with Crippen LogP contribution in [-0.2, 0) is 16.1 Å². The molecule has 2 heterocycles. The van der Waals surface area contributed by atoms with E-state index in [0.29, 0.717) is 25.6 Å². The molecule has 1 aromatic rings. The molecule has 5 nitrogen and oxygen atoms in total. The van der Waals surface area contributed by atoms with Crippen LogP contribution in [0.5, 0.6) is 0 Å². The van der Waals surface area contributed by atoms with Crippen LogP contribution in [0, 0.1) is 23.6 Å². The SMILES string of the molecule is CC(C)CCNC(=O)C1CCN(C(=O)[C@@H]2CCCN(Cc3cccc(F)c3)C2)CC1. The molecule has 2 saturated heterocycles. The Labute approximate surface area is 180 Å². The number of piperidine rings is 2. The summed E-state index contributed by atoms with van der Waals surface area (Å²) >= 11 is 0. The lowest BCUT2D eigenvalue weighted by Gasteiger charge is -2.37. The average Bonchev–Trinajstić information content (AvgIpc) is 2.73. The third kappa shape index (κ3) is 6.53. The minimum Gasteiger partial charge on any atom is -0.356 e. The molecule has 0 saturated carbocycles. The molecule has 0 aliphatic carbocycles. The quantitative estimate of drug-likeness (QED) is 0.739. The second-order valence-corrected chi connectivity index (χ2v) is 9.28. The van der Waals surface area contributed by atoms with Gasteiger partial charge in [0, 0.05) is 38.6 Å². The second-order valence-electron chi connectivity index (χ2n) is 9.28. The van der Waals surface area contributed by atoms with Crippen molar-refractivity contribution in [2.45, 2.75) is 52.5 Å². The fraction of sp³-hybridized carbons (Fsp3) is 0.667. The number of nitrogens with one attached hydrogen (secondary N) is 1. The van der Waals surface area contributed by atoms with Crippen LogP contribution in [0.2, 0.25) is 0 Å². The fourth-order valence-electron chi connectivity index (χ4n) is 4.54. The van der Waals surface area contributed by atoms with Gasteiger partial charge in [-0.2, -0.15) is 0 Å². The molecule has 1 atom stereocenters. The highest BCUT2D eigenvalue weighted by molar-refractivity contribution is 5.81. The van der Waals surface area contributed by atoms with Gasteiger partial charge in [0.15, 0.2) is 0 Å². The van der Waals surface area contributed by atoms with E-state index in [2.05, 4.69) is 24.1 Å². The number of likely N-dealkylation sites (tertiary alicyclic amines) is 2. The molecular formula is C24H36FN3O2. The summed E-state index contributed by atoms with van der Waals surface area (Å²) in [5, 5.41) is 3.05. The topological polar surface area (TPSA) is 52.7 Å². The van der Waals surface area contributed by atoms with Crippen molar-refractivity contribution in [3.05, 3.63) is 35.6 Å². The van der Waals surface area contributed by atoms with Gasteiger partial charge in [-0.3, -0.25) is 14.5 Å². The Morgan fingerprint density at radius 1 is 1.13 bits per heavy atom. The molecule has 2 amide bonds. The molecule has 6 heteroatoms. The van der Waals surface area contributed by atoms with Gasteiger partial charge in [-0.05, 0) is 62.3 Å². The summed E-state index contributed by atoms with van der Waals surface area (Å²) in [4.78, 5) is 29.6. The van der Waals surface area contributed by atoms with Crippen molar-refractivity contribution >= 4 is 11.8 Å². The first-order chi connectivity index (χ1) is 14.4. The van der Waals surface area contributed by atoms with Gasteiger partial charge in [-0.25, -0.2) is 4.39 Å². The number of halogens is 1. The number of benzene rings is 1. The van der Waals surface area contributed by atoms with E-state index in [-0.39, 0.29) is 29.5 Å². The predicted octanol–water partition coefficient (Wildman–Crippen LogP) is 3.44. The van der Waals surface area contributed by atoms with Crippen LogP contribution in [0.4, 0.5) is 4.39 Å². The van der Waals surface area contributed by atoms with Crippen molar-refractivity contribution in [2.24, 2.45) is 17.8 Å². The first-order valence-electron chi connectivity index (χ1n) is 11.5. The Balaban J connectivity index is 1.44. The summed E-state index contributed by atoms with van der Waals surface area (Å²) in [6, 6.07) is 6.70. The molecule has 1 aromatic carbocycles. The number of rotatable bonds is 7. The van der Waals surface area contributed by atoms with E-state index in [9.17, 15) is 14.0 Å². The summed E-state index contributed by atoms with van der Waals surface area (Å²) in [5.74, 6) is 0.758. The molecule has 0 bridgehead atoms. The van der Waals surface area contributed by atoms with E-state index >= 15 is 0 Å². The van der Waals surface area contributed by atoms with Crippen LogP contribution < -0.4 is 5.32 Å². The van der Waals surface area contributed by atoms with E-state index < -0.39 is 0 Å². The molecule has 0 radical (unpaired) electrons. The van der Waals surface area contributed by atoms with Crippen LogP contribution in [-0.4, -0.2) is 54.3 Å². The molecule has 0 spiro atoms. The molecule has 1 N–H and O–H groups in total. The lowest BCUT2D eigenvalue weighted by Crippen LogP contribution is -2.48. The van der Waals surface area contributed by atoms with Crippen LogP contribution >= 0.6 is 0 Å². The summed E-state index contributed by atoms with van der Waals surface area (Å²) in [6.45, 7) is 8.73. The maximum atomic E-state index is 13.5. The zero-order valence-corrected chi connectivity index (χ0v) is 18.4. The zero-order chi connectivity index (χ0) is 21.5. The van der Waals surface area contributed by atoms with Gasteiger partial charge in [0.2, 0.25) is 11.8 Å². The maximum Gasteiger partial charge on any atom is 0.226 e. The Morgan fingerprint density at radius 3 is 2.60 bits per heavy atom. The van der Waals surface area contributed by atoms with Crippen molar-refractivity contribution < 1.29 is 14.0 Å². The lowest BCUT2D eigenvalue weighted by atomic mass is 9.92. The Morgan fingerprint density at radius 2 is 1.90 bits per heavy atom. The number of hydrogen-bond donors (Lipinski definition) is 1. The highest BCUT2D eigenvalue weighted by atomic mass is 19.1. The molecule has 30 heavy (non-hydrogen) atoms. The summed E-state index contributed by atoms with van der Waals surface area (Å²) in [6.07, 6.45) is 4.39. The van der Waals surface area contributed by atoms with E-state index in [0.717, 1.165) is 57.3 Å². The van der Waals surface area contributed by atoms with Gasteiger partial charge in [-0.15, -0.1) is 0 Å². The minimum absolute atomic E-state index is 0.00345. The average molecular weight is 418 g/mol. The highest BCUT2D eigenvalue weighted by Crippen LogP contribution is 2.24. The van der Waals surface area contributed by atoms with Crippen molar-refractivity contribution in [1.82, 2.24) is 15.1 Å². The van der Waals surface area contributed by atoms with Crippen LogP contribution in [0.15, 0.2) is 24.3 Å². The molecule has 166 valence electrons. The first kappa shape index (κ1) is 22.7. The van der Waals surface area contributed by atoms with Crippen molar-refractivity contribution in [1.29, 1.82) is 0 Å². The van der Waals surface area contributed by atoms with E-state index in [4.69, 9.17) is 0 Å². The van der Waals surface area contributed by atoms with Crippen LogP contribution in [0.1, 0.15) is 51.5 Å². The Kier molecular flexibility index (Phi) is 8.25. The smallest absolute Gasteiger partial charge is 0.226 e. The molecule has 3 rings (SSSR count). The first-order valence-corrected chi connectivity index (χ1v) is 11.5. The van der Waals surface area contributed by atoms with Crippen molar-refractivity contribution in [3.63, 3.8) is 0 Å². The van der Waals surface area contributed by atoms with Crippen molar-refractivity contribution in [3.8, 4) is 0 Å². The zero-order valence-electron chi connectivity index (χ0n) is 18.4. The number of amides is 2. The van der Waals surface area contributed by atoms with Gasteiger partial charge in [-0.1, -0.05) is 26.0 Å². The molecule has 0 unspecified atom stereocenters. The monoisotopic (exact) mass is 417 g/mol. The van der Waals surface area contributed by atoms with E-state index in [1.54, 1.807) is 12.1 Å². The largest absolute Gasteiger partial charge is 0.356 e. The maximum absolute atomic E-state index is 13.5. The molecule has 2 aliphatic heterocycles. The third-order valence-corrected chi connectivity index (χ3v) is 6.35. The van der Waals surface area contributed by atoms with Gasteiger partial charge in [0.25, 0.3) is 0 Å². The van der Waals surface area contributed by atoms with E-state index in [1.165, 1.54) is 6.07 Å². The van der Waals surface area contributed by atoms with E-state index in [1.807, 2.05) is 11.0 Å². The van der Waals surface area contributed by atoms with Crippen molar-refractivity contribution in [2.75, 3.05) is 32.7 Å². The van der Waals surface area contributed by atoms with Gasteiger partial charge < -0.3 is 10.2 Å². The summed E-state index contributed by atoms with van der Waals surface area (Å²) < 4.78 is 13.5. The molecule has 2 fully saturated rings. The lowest BCUT2D eigenvalue weighted by molar-refractivity contribution is -0.140. The van der Waals surface area contributed by atoms with Gasteiger partial charge in [0.1, 0.15) is 5.82 Å². The third-order valence-electron chi connectivity index (χ3n) is 6.35. The van der Waals surface area contributed by atoms with Gasteiger partial charge in [0.05, 0.1) is 5.92 Å². The molecule has 2 aliphatic rings. The number of carbonyl (C=O) groups is 2. The fourth-order valence-corrected chi connectivity index (χ4v) is 4.54. The Bertz CT molecular complexity index is 716. The number of hydrogen-bond acceptors (Lipinski definition) is 3. The number of carbonyl (C=O) groups excluding carboxylic acids is 2. The summed E-state index contributed by atoms with van der Waals surface area (Å²) in [7, 11) is 0. The highest BCUT2D eigenvalue weighted by Gasteiger charge is 2.33. The van der Waals surface area contributed by atoms with Crippen LogP contribution in [0.3, 0.4) is 0 Å². The van der Waals surface area contributed by atoms with Gasteiger partial charge >= 0.3 is 0 Å². The predicted molar refractivity (Wildman–Crippen MR) is 116 cm³/mol. The number of nitrogens with zero attached hydrogens (tertiary/aromatic N) is 2.